The molecule has 1 aliphatic carbocycles. The maximum Gasteiger partial charge on any atom is 0.252 e. The molecule has 0 saturated heterocycles. The Hall–Kier alpha value is -2.84. The number of rotatable bonds is 8. The number of benzene rings is 1. The van der Waals surface area contributed by atoms with Gasteiger partial charge in [0.2, 0.25) is 0 Å². The molecular weight excluding hydrogens is 432 g/mol. The summed E-state index contributed by atoms with van der Waals surface area (Å²) in [5.41, 5.74) is 2.75. The van der Waals surface area contributed by atoms with Gasteiger partial charge in [0.15, 0.2) is 5.82 Å². The van der Waals surface area contributed by atoms with Crippen LogP contribution in [-0.4, -0.2) is 30.1 Å². The van der Waals surface area contributed by atoms with Crippen molar-refractivity contribution in [3.8, 4) is 0 Å². The molecule has 33 heavy (non-hydrogen) atoms. The predicted molar refractivity (Wildman–Crippen MR) is 131 cm³/mol. The zero-order valence-electron chi connectivity index (χ0n) is 19.2. The molecule has 5 rings (SSSR count). The van der Waals surface area contributed by atoms with Gasteiger partial charge in [-0.1, -0.05) is 38.0 Å². The minimum atomic E-state index is -0.0329. The highest BCUT2D eigenvalue weighted by Crippen LogP contribution is 2.33. The lowest BCUT2D eigenvalue weighted by Gasteiger charge is -2.30. The Balaban J connectivity index is 1.51. The summed E-state index contributed by atoms with van der Waals surface area (Å²) >= 11 is 1.74. The molecule has 1 aliphatic rings. The highest BCUT2D eigenvalue weighted by molar-refractivity contribution is 7.09. The smallest absolute Gasteiger partial charge is 0.252 e. The van der Waals surface area contributed by atoms with E-state index in [9.17, 15) is 4.79 Å². The lowest BCUT2D eigenvalue weighted by molar-refractivity contribution is 0.159. The van der Waals surface area contributed by atoms with Crippen molar-refractivity contribution in [1.82, 2.24) is 30.1 Å². The quantitative estimate of drug-likeness (QED) is 0.392. The number of hydrogen-bond acceptors (Lipinski definition) is 6. The summed E-state index contributed by atoms with van der Waals surface area (Å²) in [4.78, 5) is 19.7. The Morgan fingerprint density at radius 1 is 1.21 bits per heavy atom. The molecule has 0 unspecified atom stereocenters. The average molecular weight is 463 g/mol. The molecule has 0 spiro atoms. The van der Waals surface area contributed by atoms with E-state index in [1.165, 1.54) is 17.7 Å². The molecule has 4 aromatic rings. The fourth-order valence-electron chi connectivity index (χ4n) is 5.01. The lowest BCUT2D eigenvalue weighted by Crippen LogP contribution is -2.32. The van der Waals surface area contributed by atoms with Gasteiger partial charge in [0.1, 0.15) is 0 Å². The number of aromatic nitrogens is 5. The first kappa shape index (κ1) is 22.0. The first-order valence-corrected chi connectivity index (χ1v) is 12.7. The van der Waals surface area contributed by atoms with Crippen LogP contribution in [0.2, 0.25) is 0 Å². The van der Waals surface area contributed by atoms with E-state index in [1.807, 2.05) is 19.1 Å². The van der Waals surface area contributed by atoms with E-state index in [0.29, 0.717) is 12.6 Å². The molecule has 172 valence electrons. The SMILES string of the molecule is CC[C@H](c1nnnn1C1CCCC1)N(Cc1cccs1)Cc1cc2ccc(C)cc2[nH]c1=O. The zero-order valence-corrected chi connectivity index (χ0v) is 20.0. The van der Waals surface area contributed by atoms with Crippen molar-refractivity contribution >= 4 is 22.2 Å². The van der Waals surface area contributed by atoms with Gasteiger partial charge in [0.05, 0.1) is 12.1 Å². The van der Waals surface area contributed by atoms with E-state index in [1.54, 1.807) is 11.3 Å². The molecule has 1 atom stereocenters. The third-order valence-corrected chi connectivity index (χ3v) is 7.57. The Morgan fingerprint density at radius 3 is 2.82 bits per heavy atom. The molecule has 0 aliphatic heterocycles. The van der Waals surface area contributed by atoms with E-state index in [4.69, 9.17) is 0 Å². The first-order valence-electron chi connectivity index (χ1n) is 11.8. The van der Waals surface area contributed by atoms with Crippen molar-refractivity contribution in [2.45, 2.75) is 71.1 Å². The topological polar surface area (TPSA) is 79.7 Å². The molecule has 7 nitrogen and oxygen atoms in total. The number of H-pyrrole nitrogens is 1. The minimum absolute atomic E-state index is 0.0239. The molecule has 3 aromatic heterocycles. The minimum Gasteiger partial charge on any atom is -0.322 e. The second-order valence-corrected chi connectivity index (χ2v) is 10.1. The van der Waals surface area contributed by atoms with Crippen LogP contribution in [0.4, 0.5) is 0 Å². The molecule has 0 amide bonds. The fourth-order valence-corrected chi connectivity index (χ4v) is 5.74. The summed E-state index contributed by atoms with van der Waals surface area (Å²) in [6.45, 7) is 5.49. The molecule has 0 bridgehead atoms. The van der Waals surface area contributed by atoms with Crippen LogP contribution in [0.15, 0.2) is 46.6 Å². The normalized spacial score (nSPS) is 15.6. The van der Waals surface area contributed by atoms with Crippen molar-refractivity contribution in [2.24, 2.45) is 0 Å². The van der Waals surface area contributed by atoms with Crippen LogP contribution in [0.5, 0.6) is 0 Å². The number of fused-ring (bicyclic) bond motifs is 1. The maximum atomic E-state index is 13.0. The maximum absolute atomic E-state index is 13.0. The summed E-state index contributed by atoms with van der Waals surface area (Å²) in [6.07, 6.45) is 5.58. The van der Waals surface area contributed by atoms with Crippen LogP contribution < -0.4 is 5.56 Å². The van der Waals surface area contributed by atoms with Crippen molar-refractivity contribution in [3.63, 3.8) is 0 Å². The van der Waals surface area contributed by atoms with E-state index in [-0.39, 0.29) is 11.6 Å². The summed E-state index contributed by atoms with van der Waals surface area (Å²) in [5.74, 6) is 0.911. The van der Waals surface area contributed by atoms with Gasteiger partial charge in [0, 0.05) is 29.0 Å². The lowest BCUT2D eigenvalue weighted by atomic mass is 10.1. The van der Waals surface area contributed by atoms with E-state index < -0.39 is 0 Å². The zero-order chi connectivity index (χ0) is 22.8. The second kappa shape index (κ2) is 9.57. The Bertz CT molecular complexity index is 1270. The third-order valence-electron chi connectivity index (χ3n) is 6.71. The highest BCUT2D eigenvalue weighted by atomic mass is 32.1. The molecule has 1 N–H and O–H groups in total. The van der Waals surface area contributed by atoms with Crippen LogP contribution in [0.3, 0.4) is 0 Å². The molecular formula is C25H30N6OS. The van der Waals surface area contributed by atoms with Gasteiger partial charge in [0.25, 0.3) is 5.56 Å². The Kier molecular flexibility index (Phi) is 6.37. The number of hydrogen-bond donors (Lipinski definition) is 1. The standard InChI is InChI=1S/C25H30N6OS/c1-3-23(24-27-28-29-31(24)20-7-4-5-8-20)30(16-21-9-6-12-33-21)15-19-14-18-11-10-17(2)13-22(18)26-25(19)32/h6,9-14,20,23H,3-5,7-8,15-16H2,1-2H3,(H,26,32)/t23-/m1/s1. The molecule has 8 heteroatoms. The molecule has 0 radical (unpaired) electrons. The summed E-state index contributed by atoms with van der Waals surface area (Å²) < 4.78 is 2.05. The van der Waals surface area contributed by atoms with E-state index >= 15 is 0 Å². The largest absolute Gasteiger partial charge is 0.322 e. The van der Waals surface area contributed by atoms with Crippen LogP contribution in [0.25, 0.3) is 10.9 Å². The van der Waals surface area contributed by atoms with Crippen molar-refractivity contribution < 1.29 is 0 Å². The van der Waals surface area contributed by atoms with Crippen LogP contribution in [0, 0.1) is 6.92 Å². The molecule has 1 aromatic carbocycles. The number of aryl methyl sites for hydroxylation is 1. The van der Waals surface area contributed by atoms with Crippen LogP contribution >= 0.6 is 11.3 Å². The molecule has 3 heterocycles. The molecule has 1 fully saturated rings. The van der Waals surface area contributed by atoms with Gasteiger partial charge in [-0.15, -0.1) is 16.4 Å². The van der Waals surface area contributed by atoms with Crippen molar-refractivity contribution in [1.29, 1.82) is 0 Å². The number of nitrogens with zero attached hydrogens (tertiary/aromatic N) is 5. The Morgan fingerprint density at radius 2 is 2.06 bits per heavy atom. The predicted octanol–water partition coefficient (Wildman–Crippen LogP) is 5.15. The summed E-state index contributed by atoms with van der Waals surface area (Å²) in [7, 11) is 0. The average Bonchev–Trinajstić information content (AvgIpc) is 3.57. The third kappa shape index (κ3) is 4.63. The van der Waals surface area contributed by atoms with Crippen LogP contribution in [0.1, 0.15) is 72.9 Å². The van der Waals surface area contributed by atoms with Gasteiger partial charge in [-0.05, 0) is 71.1 Å². The number of nitrogens with one attached hydrogen (secondary N) is 1. The van der Waals surface area contributed by atoms with Crippen LogP contribution in [-0.2, 0) is 13.1 Å². The molecule has 1 saturated carbocycles. The van der Waals surface area contributed by atoms with Gasteiger partial charge < -0.3 is 4.98 Å². The number of aromatic amines is 1. The fraction of sp³-hybridized carbons (Fsp3) is 0.440. The summed E-state index contributed by atoms with van der Waals surface area (Å²) in [6, 6.07) is 12.8. The number of pyridine rings is 1. The monoisotopic (exact) mass is 462 g/mol. The van der Waals surface area contributed by atoms with Crippen molar-refractivity contribution in [2.75, 3.05) is 0 Å². The summed E-state index contributed by atoms with van der Waals surface area (Å²) in [5, 5.41) is 16.1. The Labute approximate surface area is 197 Å². The van der Waals surface area contributed by atoms with Gasteiger partial charge in [-0.2, -0.15) is 0 Å². The first-order chi connectivity index (χ1) is 16.1. The second-order valence-electron chi connectivity index (χ2n) is 9.04. The highest BCUT2D eigenvalue weighted by Gasteiger charge is 2.29. The number of tetrazole rings is 1. The van der Waals surface area contributed by atoms with Gasteiger partial charge in [-0.25, -0.2) is 4.68 Å². The van der Waals surface area contributed by atoms with Gasteiger partial charge in [-0.3, -0.25) is 9.69 Å². The van der Waals surface area contributed by atoms with Gasteiger partial charge >= 0.3 is 0 Å². The number of thiophene rings is 1. The van der Waals surface area contributed by atoms with E-state index in [2.05, 4.69) is 66.7 Å². The van der Waals surface area contributed by atoms with E-state index in [0.717, 1.165) is 53.7 Å². The van der Waals surface area contributed by atoms with Crippen molar-refractivity contribution in [3.05, 3.63) is 74.0 Å².